The number of ether oxygens (including phenoxy) is 1. The summed E-state index contributed by atoms with van der Waals surface area (Å²) in [5.74, 6) is -0.117. The molecule has 0 bridgehead atoms. The molecule has 16 heavy (non-hydrogen) atoms. The summed E-state index contributed by atoms with van der Waals surface area (Å²) in [7, 11) is 1.59. The Morgan fingerprint density at radius 3 is 2.81 bits per heavy atom. The predicted molar refractivity (Wildman–Crippen MR) is 60.8 cm³/mol. The fourth-order valence-electron chi connectivity index (χ4n) is 1.80. The van der Waals surface area contributed by atoms with Crippen molar-refractivity contribution in [3.8, 4) is 0 Å². The number of hydrogen-bond donors (Lipinski definition) is 2. The van der Waals surface area contributed by atoms with E-state index in [1.54, 1.807) is 12.0 Å². The second-order valence-electron chi connectivity index (χ2n) is 3.93. The molecule has 92 valence electrons. The van der Waals surface area contributed by atoms with Gasteiger partial charge in [0.15, 0.2) is 0 Å². The first-order valence-electron chi connectivity index (χ1n) is 5.51. The Kier molecular flexibility index (Phi) is 5.45. The third-order valence-electron chi connectivity index (χ3n) is 2.68. The van der Waals surface area contributed by atoms with Crippen LogP contribution in [-0.4, -0.2) is 55.4 Å². The molecule has 0 saturated heterocycles. The Morgan fingerprint density at radius 1 is 1.56 bits per heavy atom. The number of nitrogens with zero attached hydrogens (tertiary/aromatic N) is 1. The van der Waals surface area contributed by atoms with E-state index in [0.29, 0.717) is 26.1 Å². The van der Waals surface area contributed by atoms with Crippen molar-refractivity contribution >= 4 is 5.91 Å². The minimum Gasteiger partial charge on any atom is -0.395 e. The lowest BCUT2D eigenvalue weighted by Gasteiger charge is -2.24. The highest BCUT2D eigenvalue weighted by atomic mass is 16.5. The molecule has 5 heteroatoms. The summed E-state index contributed by atoms with van der Waals surface area (Å²) in [6.45, 7) is 1.31. The number of amides is 1. The van der Waals surface area contributed by atoms with Gasteiger partial charge in [0.1, 0.15) is 0 Å². The van der Waals surface area contributed by atoms with E-state index >= 15 is 0 Å². The summed E-state index contributed by atoms with van der Waals surface area (Å²) < 4.78 is 4.93. The molecule has 1 aliphatic carbocycles. The van der Waals surface area contributed by atoms with Crippen LogP contribution in [0.3, 0.4) is 0 Å². The first kappa shape index (κ1) is 13.2. The third-order valence-corrected chi connectivity index (χ3v) is 2.68. The molecule has 3 N–H and O–H groups in total. The Morgan fingerprint density at radius 2 is 2.31 bits per heavy atom. The molecular weight excluding hydrogens is 208 g/mol. The van der Waals surface area contributed by atoms with Gasteiger partial charge in [-0.05, 0) is 6.42 Å². The molecule has 0 aromatic rings. The van der Waals surface area contributed by atoms with E-state index in [0.717, 1.165) is 0 Å². The second-order valence-corrected chi connectivity index (χ2v) is 3.93. The molecule has 1 amide bonds. The van der Waals surface area contributed by atoms with Gasteiger partial charge in [0.2, 0.25) is 5.91 Å². The van der Waals surface area contributed by atoms with Crippen LogP contribution in [0, 0.1) is 5.92 Å². The van der Waals surface area contributed by atoms with Crippen molar-refractivity contribution in [1.29, 1.82) is 0 Å². The van der Waals surface area contributed by atoms with Gasteiger partial charge in [0, 0.05) is 26.2 Å². The van der Waals surface area contributed by atoms with Crippen LogP contribution in [0.1, 0.15) is 6.42 Å². The molecule has 0 heterocycles. The summed E-state index contributed by atoms with van der Waals surface area (Å²) in [5, 5.41) is 8.90. The van der Waals surface area contributed by atoms with Crippen LogP contribution in [0.15, 0.2) is 12.2 Å². The highest BCUT2D eigenvalue weighted by Crippen LogP contribution is 2.18. The lowest BCUT2D eigenvalue weighted by molar-refractivity contribution is -0.135. The number of nitrogens with two attached hydrogens (primary N) is 1. The predicted octanol–water partition coefficient (Wildman–Crippen LogP) is -0.643. The number of hydrogen-bond acceptors (Lipinski definition) is 4. The zero-order chi connectivity index (χ0) is 12.0. The number of carbonyl (C=O) groups is 1. The maximum Gasteiger partial charge on any atom is 0.229 e. The van der Waals surface area contributed by atoms with Gasteiger partial charge in [-0.3, -0.25) is 4.79 Å². The maximum absolute atomic E-state index is 12.0. The van der Waals surface area contributed by atoms with Crippen molar-refractivity contribution in [3.63, 3.8) is 0 Å². The summed E-state index contributed by atoms with van der Waals surface area (Å²) in [4.78, 5) is 13.7. The summed E-state index contributed by atoms with van der Waals surface area (Å²) in [6.07, 6.45) is 4.37. The normalized spacial score (nSPS) is 23.7. The van der Waals surface area contributed by atoms with E-state index in [4.69, 9.17) is 15.6 Å². The highest BCUT2D eigenvalue weighted by molar-refractivity contribution is 5.81. The van der Waals surface area contributed by atoms with Crippen LogP contribution in [0.4, 0.5) is 0 Å². The van der Waals surface area contributed by atoms with Crippen molar-refractivity contribution in [1.82, 2.24) is 4.90 Å². The monoisotopic (exact) mass is 228 g/mol. The van der Waals surface area contributed by atoms with Crippen molar-refractivity contribution in [2.24, 2.45) is 11.7 Å². The molecule has 0 radical (unpaired) electrons. The van der Waals surface area contributed by atoms with Crippen LogP contribution >= 0.6 is 0 Å². The minimum atomic E-state index is -0.140. The fraction of sp³-hybridized carbons (Fsp3) is 0.727. The van der Waals surface area contributed by atoms with E-state index in [1.807, 2.05) is 12.2 Å². The number of aliphatic hydroxyl groups excluding tert-OH is 1. The Bertz CT molecular complexity index is 256. The van der Waals surface area contributed by atoms with E-state index in [1.165, 1.54) is 0 Å². The largest absolute Gasteiger partial charge is 0.395 e. The lowest BCUT2D eigenvalue weighted by atomic mass is 10.1. The first-order valence-corrected chi connectivity index (χ1v) is 5.51. The Hall–Kier alpha value is -0.910. The molecule has 0 aromatic heterocycles. The number of aliphatic hydroxyl groups is 1. The van der Waals surface area contributed by atoms with Crippen molar-refractivity contribution in [2.45, 2.75) is 12.5 Å². The summed E-state index contributed by atoms with van der Waals surface area (Å²) >= 11 is 0. The Labute approximate surface area is 95.9 Å². The second kappa shape index (κ2) is 6.62. The van der Waals surface area contributed by atoms with Gasteiger partial charge >= 0.3 is 0 Å². The Balaban J connectivity index is 2.49. The van der Waals surface area contributed by atoms with Crippen molar-refractivity contribution < 1.29 is 14.6 Å². The van der Waals surface area contributed by atoms with E-state index < -0.39 is 0 Å². The zero-order valence-corrected chi connectivity index (χ0v) is 9.63. The third kappa shape index (κ3) is 3.59. The molecule has 0 saturated carbocycles. The number of methoxy groups -OCH3 is 1. The molecule has 0 aromatic carbocycles. The maximum atomic E-state index is 12.0. The van der Waals surface area contributed by atoms with Gasteiger partial charge in [-0.25, -0.2) is 0 Å². The topological polar surface area (TPSA) is 75.8 Å². The van der Waals surface area contributed by atoms with Crippen molar-refractivity contribution in [3.05, 3.63) is 12.2 Å². The standard InChI is InChI=1S/C11H20N2O3/c1-16-7-5-13(4-6-14)11(15)9-2-3-10(12)8-9/h2-3,9-10,14H,4-8,12H2,1H3. The van der Waals surface area contributed by atoms with Crippen LogP contribution < -0.4 is 5.73 Å². The van der Waals surface area contributed by atoms with Gasteiger partial charge < -0.3 is 20.5 Å². The number of carbonyl (C=O) groups excluding carboxylic acids is 1. The average molecular weight is 228 g/mol. The van der Waals surface area contributed by atoms with Gasteiger partial charge in [-0.15, -0.1) is 0 Å². The average Bonchev–Trinajstić information content (AvgIpc) is 2.70. The van der Waals surface area contributed by atoms with E-state index in [9.17, 15) is 4.79 Å². The van der Waals surface area contributed by atoms with Gasteiger partial charge in [0.05, 0.1) is 19.1 Å². The minimum absolute atomic E-state index is 0.0210. The molecule has 0 aliphatic heterocycles. The summed E-state index contributed by atoms with van der Waals surface area (Å²) in [5.41, 5.74) is 5.71. The smallest absolute Gasteiger partial charge is 0.229 e. The molecule has 1 aliphatic rings. The van der Waals surface area contributed by atoms with Crippen LogP contribution in [-0.2, 0) is 9.53 Å². The van der Waals surface area contributed by atoms with Crippen LogP contribution in [0.2, 0.25) is 0 Å². The van der Waals surface area contributed by atoms with Crippen molar-refractivity contribution in [2.75, 3.05) is 33.4 Å². The number of rotatable bonds is 6. The van der Waals surface area contributed by atoms with E-state index in [2.05, 4.69) is 0 Å². The highest BCUT2D eigenvalue weighted by Gasteiger charge is 2.26. The summed E-state index contributed by atoms with van der Waals surface area (Å²) in [6, 6.07) is -0.0210. The molecule has 1 rings (SSSR count). The molecule has 0 fully saturated rings. The molecule has 5 nitrogen and oxygen atoms in total. The molecule has 0 spiro atoms. The molecule has 2 atom stereocenters. The SMILES string of the molecule is COCCN(CCO)C(=O)C1C=CC(N)C1. The molecular formula is C11H20N2O3. The van der Waals surface area contributed by atoms with E-state index in [-0.39, 0.29) is 24.5 Å². The lowest BCUT2D eigenvalue weighted by Crippen LogP contribution is -2.39. The van der Waals surface area contributed by atoms with Crippen LogP contribution in [0.25, 0.3) is 0 Å². The quantitative estimate of drug-likeness (QED) is 0.593. The van der Waals surface area contributed by atoms with Crippen LogP contribution in [0.5, 0.6) is 0 Å². The van der Waals surface area contributed by atoms with Gasteiger partial charge in [-0.1, -0.05) is 12.2 Å². The zero-order valence-electron chi connectivity index (χ0n) is 9.63. The molecule has 2 unspecified atom stereocenters. The van der Waals surface area contributed by atoms with Gasteiger partial charge in [0.25, 0.3) is 0 Å². The fourth-order valence-corrected chi connectivity index (χ4v) is 1.80. The van der Waals surface area contributed by atoms with Gasteiger partial charge in [-0.2, -0.15) is 0 Å². The first-order chi connectivity index (χ1) is 7.69.